The second kappa shape index (κ2) is 13.8. The quantitative estimate of drug-likeness (QED) is 0.252. The van der Waals surface area contributed by atoms with Crippen molar-refractivity contribution < 1.29 is 26.0 Å². The molecule has 0 aromatic heterocycles. The Morgan fingerprint density at radius 2 is 1.62 bits per heavy atom. The van der Waals surface area contributed by atoms with Gasteiger partial charge in [0.05, 0.1) is 24.6 Å². The summed E-state index contributed by atoms with van der Waals surface area (Å²) in [5.41, 5.74) is 4.28. The zero-order valence-electron chi connectivity index (χ0n) is 10.3. The van der Waals surface area contributed by atoms with Gasteiger partial charge in [0.1, 0.15) is 0 Å². The Morgan fingerprint density at radius 3 is 1.75 bits per heavy atom. The molecule has 0 spiro atoms. The first-order chi connectivity index (χ1) is 7.03. The van der Waals surface area contributed by atoms with Crippen molar-refractivity contribution in [3.8, 4) is 0 Å². The van der Waals surface area contributed by atoms with Gasteiger partial charge in [-0.2, -0.15) is 0 Å². The van der Waals surface area contributed by atoms with Crippen LogP contribution in [0.5, 0.6) is 0 Å². The van der Waals surface area contributed by atoms with Crippen molar-refractivity contribution in [2.45, 2.75) is 13.8 Å². The van der Waals surface area contributed by atoms with E-state index < -0.39 is 5.97 Å². The van der Waals surface area contributed by atoms with Crippen LogP contribution < -0.4 is 0 Å². The van der Waals surface area contributed by atoms with Crippen LogP contribution in [0, 0.1) is 0 Å². The Labute approximate surface area is 107 Å². The van der Waals surface area contributed by atoms with Crippen LogP contribution in [0.25, 0.3) is 0 Å². The van der Waals surface area contributed by atoms with E-state index in [2.05, 4.69) is 27.0 Å². The van der Waals surface area contributed by atoms with Crippen LogP contribution in [-0.2, 0) is 26.0 Å². The standard InChI is InChI=1S/C6H12N2.C5H6O2.Ni/c1-5(7-3)6(2)8-4;1-3-4-5(6)7-2;/h1-4H3;4H,1H2,2H3;. The molecule has 0 aromatic carbocycles. The average molecular weight is 269 g/mol. The summed E-state index contributed by atoms with van der Waals surface area (Å²) in [5, 5.41) is 0. The summed E-state index contributed by atoms with van der Waals surface area (Å²) in [6, 6.07) is 0. The van der Waals surface area contributed by atoms with Crippen molar-refractivity contribution >= 4 is 17.4 Å². The van der Waals surface area contributed by atoms with Crippen molar-refractivity contribution in [3.63, 3.8) is 0 Å². The average Bonchev–Trinajstić information content (AvgIpc) is 2.27. The summed E-state index contributed by atoms with van der Waals surface area (Å²) in [6.07, 6.45) is 1.12. The number of esters is 1. The molecule has 0 N–H and O–H groups in total. The molecule has 0 saturated carbocycles. The number of hydrogen-bond acceptors (Lipinski definition) is 4. The number of ether oxygens (including phenoxy) is 1. The van der Waals surface area contributed by atoms with Gasteiger partial charge >= 0.3 is 5.97 Å². The topological polar surface area (TPSA) is 51.0 Å². The van der Waals surface area contributed by atoms with Crippen LogP contribution >= 0.6 is 0 Å². The molecule has 0 unspecified atom stereocenters. The summed E-state index contributed by atoms with van der Waals surface area (Å²) in [6.45, 7) is 7.06. The van der Waals surface area contributed by atoms with Gasteiger partial charge in [0.2, 0.25) is 0 Å². The predicted octanol–water partition coefficient (Wildman–Crippen LogP) is 1.67. The van der Waals surface area contributed by atoms with E-state index in [1.807, 2.05) is 13.8 Å². The van der Waals surface area contributed by atoms with Crippen LogP contribution in [0.15, 0.2) is 28.4 Å². The first-order valence-electron chi connectivity index (χ1n) is 4.34. The van der Waals surface area contributed by atoms with Crippen molar-refractivity contribution in [3.05, 3.63) is 18.4 Å². The normalized spacial score (nSPS) is 10.1. The second-order valence-electron chi connectivity index (χ2n) is 2.49. The Bertz CT molecular complexity index is 287. The molecule has 0 fully saturated rings. The zero-order chi connectivity index (χ0) is 12.3. The van der Waals surface area contributed by atoms with E-state index in [-0.39, 0.29) is 16.5 Å². The number of hydrogen-bond donors (Lipinski definition) is 0. The first-order valence-corrected chi connectivity index (χ1v) is 4.34. The van der Waals surface area contributed by atoms with E-state index in [1.54, 1.807) is 14.1 Å². The summed E-state index contributed by atoms with van der Waals surface area (Å²) in [4.78, 5) is 17.9. The van der Waals surface area contributed by atoms with Crippen LogP contribution in [0.4, 0.5) is 0 Å². The molecule has 0 aromatic rings. The molecule has 0 radical (unpaired) electrons. The van der Waals surface area contributed by atoms with Gasteiger partial charge in [-0.15, -0.1) is 5.73 Å². The fraction of sp³-hybridized carbons (Fsp3) is 0.455. The van der Waals surface area contributed by atoms with Crippen molar-refractivity contribution in [2.75, 3.05) is 21.2 Å². The van der Waals surface area contributed by atoms with Crippen LogP contribution in [0.3, 0.4) is 0 Å². The van der Waals surface area contributed by atoms with Gasteiger partial charge in [0, 0.05) is 30.6 Å². The molecule has 16 heavy (non-hydrogen) atoms. The maximum absolute atomic E-state index is 10.0. The molecule has 0 aliphatic rings. The number of aliphatic imine (C=N–C) groups is 2. The smallest absolute Gasteiger partial charge is 0.338 e. The minimum atomic E-state index is -0.421. The molecule has 0 bridgehead atoms. The largest absolute Gasteiger partial charge is 0.465 e. The van der Waals surface area contributed by atoms with Crippen molar-refractivity contribution in [1.82, 2.24) is 0 Å². The Hall–Kier alpha value is -1.18. The maximum atomic E-state index is 10.0. The summed E-state index contributed by atoms with van der Waals surface area (Å²) in [7, 11) is 4.84. The Morgan fingerprint density at radius 1 is 1.25 bits per heavy atom. The van der Waals surface area contributed by atoms with E-state index in [0.29, 0.717) is 0 Å². The van der Waals surface area contributed by atoms with E-state index in [4.69, 9.17) is 0 Å². The van der Waals surface area contributed by atoms with Gasteiger partial charge in [0.15, 0.2) is 0 Å². The first kappa shape index (κ1) is 20.3. The van der Waals surface area contributed by atoms with E-state index >= 15 is 0 Å². The minimum absolute atomic E-state index is 0. The third-order valence-corrected chi connectivity index (χ3v) is 1.62. The minimum Gasteiger partial charge on any atom is -0.465 e. The number of carbonyl (C=O) groups excluding carboxylic acids is 1. The summed E-state index contributed by atoms with van der Waals surface area (Å²) in [5.74, 6) is -0.421. The third kappa shape index (κ3) is 12.8. The second-order valence-corrected chi connectivity index (χ2v) is 2.49. The number of carbonyl (C=O) groups is 1. The summed E-state index contributed by atoms with van der Waals surface area (Å²) < 4.78 is 4.19. The van der Waals surface area contributed by atoms with Crippen LogP contribution in [0.1, 0.15) is 13.8 Å². The molecular weight excluding hydrogens is 251 g/mol. The molecule has 0 atom stereocenters. The predicted molar refractivity (Wildman–Crippen MR) is 63.8 cm³/mol. The van der Waals surface area contributed by atoms with Crippen molar-refractivity contribution in [2.24, 2.45) is 9.98 Å². The van der Waals surface area contributed by atoms with Gasteiger partial charge in [-0.25, -0.2) is 4.79 Å². The molecule has 0 aliphatic carbocycles. The number of methoxy groups -OCH3 is 1. The van der Waals surface area contributed by atoms with Crippen molar-refractivity contribution in [1.29, 1.82) is 0 Å². The molecule has 0 rings (SSSR count). The van der Waals surface area contributed by atoms with Crippen LogP contribution in [-0.4, -0.2) is 38.6 Å². The van der Waals surface area contributed by atoms with Gasteiger partial charge in [-0.3, -0.25) is 9.98 Å². The third-order valence-electron chi connectivity index (χ3n) is 1.62. The van der Waals surface area contributed by atoms with Gasteiger partial charge in [-0.05, 0) is 13.8 Å². The molecule has 0 heterocycles. The Kier molecular flexibility index (Phi) is 17.5. The summed E-state index contributed by atoms with van der Waals surface area (Å²) >= 11 is 0. The van der Waals surface area contributed by atoms with E-state index in [0.717, 1.165) is 17.5 Å². The monoisotopic (exact) mass is 268 g/mol. The SMILES string of the molecule is C=C=CC(=O)OC.CN=C(C)C(C)=NC.[Ni]. The molecule has 4 nitrogen and oxygen atoms in total. The van der Waals surface area contributed by atoms with Gasteiger partial charge < -0.3 is 4.74 Å². The molecule has 5 heteroatoms. The fourth-order valence-corrected chi connectivity index (χ4v) is 0.466. The number of rotatable bonds is 2. The van der Waals surface area contributed by atoms with Crippen LogP contribution in [0.2, 0.25) is 0 Å². The fourth-order valence-electron chi connectivity index (χ4n) is 0.466. The Balaban J connectivity index is -0.000000200. The molecule has 0 aliphatic heterocycles. The van der Waals surface area contributed by atoms with Gasteiger partial charge in [0.25, 0.3) is 0 Å². The molecule has 94 valence electrons. The number of nitrogens with zero attached hydrogens (tertiary/aromatic N) is 2. The van der Waals surface area contributed by atoms with Gasteiger partial charge in [-0.1, -0.05) is 6.58 Å². The van der Waals surface area contributed by atoms with E-state index in [1.165, 1.54) is 7.11 Å². The zero-order valence-corrected chi connectivity index (χ0v) is 11.3. The maximum Gasteiger partial charge on any atom is 0.338 e. The van der Waals surface area contributed by atoms with E-state index in [9.17, 15) is 4.79 Å². The molecule has 0 saturated heterocycles. The molecule has 0 amide bonds. The molecular formula is C11H18N2NiO2.